The zero-order valence-electron chi connectivity index (χ0n) is 18.9. The summed E-state index contributed by atoms with van der Waals surface area (Å²) in [6.07, 6.45) is 4.11. The number of pyridine rings is 1. The number of benzene rings is 2. The number of nitrogens with zero attached hydrogens (tertiary/aromatic N) is 5. The summed E-state index contributed by atoms with van der Waals surface area (Å²) in [4.78, 5) is 48.3. The van der Waals surface area contributed by atoms with Gasteiger partial charge in [0.05, 0.1) is 22.6 Å². The lowest BCUT2D eigenvalue weighted by molar-refractivity contribution is -0.384. The summed E-state index contributed by atoms with van der Waals surface area (Å²) in [7, 11) is 0. The van der Waals surface area contributed by atoms with Crippen molar-refractivity contribution in [3.05, 3.63) is 93.6 Å². The van der Waals surface area contributed by atoms with Crippen LogP contribution in [0.2, 0.25) is 0 Å². The summed E-state index contributed by atoms with van der Waals surface area (Å²) in [5.74, 6) is -0.569. The van der Waals surface area contributed by atoms with Crippen molar-refractivity contribution in [1.82, 2.24) is 9.88 Å². The van der Waals surface area contributed by atoms with Crippen molar-refractivity contribution in [3.63, 3.8) is 0 Å². The first-order valence-corrected chi connectivity index (χ1v) is 11.2. The number of amides is 2. The van der Waals surface area contributed by atoms with Gasteiger partial charge >= 0.3 is 0 Å². The second-order valence-corrected chi connectivity index (χ2v) is 8.71. The average Bonchev–Trinajstić information content (AvgIpc) is 3.13. The highest BCUT2D eigenvalue weighted by atomic mass is 16.6. The maximum Gasteiger partial charge on any atom is 0.292 e. The van der Waals surface area contributed by atoms with Gasteiger partial charge in [-0.2, -0.15) is 0 Å². The van der Waals surface area contributed by atoms with Crippen LogP contribution in [0.4, 0.5) is 17.1 Å². The molecule has 2 aliphatic rings. The maximum absolute atomic E-state index is 12.9. The SMILES string of the molecule is [C-]#[N+]c1ccncc1-c1ccc([N+](=O)[O-])c(N2CC[C@H](N3C(=O)c4ccccc4C3=O)C[C@@H]2C)c1. The number of nitro benzene ring substituents is 1. The number of imide groups is 1. The minimum absolute atomic E-state index is 0.0342. The molecule has 2 aromatic carbocycles. The molecule has 0 unspecified atom stereocenters. The fourth-order valence-corrected chi connectivity index (χ4v) is 5.06. The van der Waals surface area contributed by atoms with Crippen LogP contribution in [0.25, 0.3) is 16.0 Å². The van der Waals surface area contributed by atoms with Crippen LogP contribution in [0.1, 0.15) is 40.5 Å². The van der Waals surface area contributed by atoms with Gasteiger partial charge in [0, 0.05) is 42.7 Å². The molecule has 5 rings (SSSR count). The Balaban J connectivity index is 1.45. The van der Waals surface area contributed by atoms with Crippen LogP contribution in [-0.2, 0) is 0 Å². The average molecular weight is 467 g/mol. The van der Waals surface area contributed by atoms with E-state index in [-0.39, 0.29) is 29.6 Å². The Morgan fingerprint density at radius 2 is 1.80 bits per heavy atom. The standard InChI is InChI=1S/C26H21N5O4/c1-16-13-18(30-25(32)19-5-3-4-6-20(19)26(30)33)10-12-29(16)24-14-17(7-8-23(24)31(34)35)21-15-28-11-9-22(21)27-2/h3-9,11,14-16,18H,10,12-13H2,1H3/t16-,18-/m0/s1. The minimum Gasteiger partial charge on any atom is -0.363 e. The summed E-state index contributed by atoms with van der Waals surface area (Å²) >= 11 is 0. The van der Waals surface area contributed by atoms with Crippen molar-refractivity contribution in [3.8, 4) is 11.1 Å². The fraction of sp³-hybridized carbons (Fsp3) is 0.231. The van der Waals surface area contributed by atoms with Crippen LogP contribution < -0.4 is 4.90 Å². The first-order chi connectivity index (χ1) is 16.9. The summed E-state index contributed by atoms with van der Waals surface area (Å²) in [5, 5.41) is 11.8. The van der Waals surface area contributed by atoms with Gasteiger partial charge in [-0.05, 0) is 55.7 Å². The van der Waals surface area contributed by atoms with E-state index < -0.39 is 4.92 Å². The number of anilines is 1. The third kappa shape index (κ3) is 3.69. The smallest absolute Gasteiger partial charge is 0.292 e. The summed E-state index contributed by atoms with van der Waals surface area (Å²) < 4.78 is 0. The molecule has 1 fully saturated rings. The molecule has 0 aliphatic carbocycles. The minimum atomic E-state index is -0.416. The van der Waals surface area contributed by atoms with Crippen molar-refractivity contribution in [2.75, 3.05) is 11.4 Å². The quantitative estimate of drug-likeness (QED) is 0.235. The predicted octanol–water partition coefficient (Wildman–Crippen LogP) is 4.86. The number of piperidine rings is 1. The van der Waals surface area contributed by atoms with Crippen LogP contribution in [0.15, 0.2) is 60.9 Å². The number of carbonyl (C=O) groups is 2. The molecule has 9 heteroatoms. The van der Waals surface area contributed by atoms with Gasteiger partial charge < -0.3 is 4.90 Å². The molecule has 35 heavy (non-hydrogen) atoms. The monoisotopic (exact) mass is 467 g/mol. The molecule has 0 saturated carbocycles. The van der Waals surface area contributed by atoms with E-state index in [1.54, 1.807) is 48.7 Å². The summed E-state index contributed by atoms with van der Waals surface area (Å²) in [5.41, 5.74) is 2.93. The Bertz CT molecular complexity index is 1380. The molecule has 1 aromatic heterocycles. The summed E-state index contributed by atoms with van der Waals surface area (Å²) in [6.45, 7) is 9.81. The van der Waals surface area contributed by atoms with Gasteiger partial charge in [-0.15, -0.1) is 0 Å². The van der Waals surface area contributed by atoms with E-state index in [4.69, 9.17) is 6.57 Å². The second-order valence-electron chi connectivity index (χ2n) is 8.71. The highest BCUT2D eigenvalue weighted by Gasteiger charge is 2.42. The Morgan fingerprint density at radius 1 is 1.09 bits per heavy atom. The van der Waals surface area contributed by atoms with Crippen molar-refractivity contribution in [1.29, 1.82) is 0 Å². The Morgan fingerprint density at radius 3 is 2.43 bits per heavy atom. The lowest BCUT2D eigenvalue weighted by Gasteiger charge is -2.41. The number of hydrogen-bond acceptors (Lipinski definition) is 6. The van der Waals surface area contributed by atoms with Gasteiger partial charge in [-0.25, -0.2) is 4.85 Å². The fourth-order valence-electron chi connectivity index (χ4n) is 5.06. The predicted molar refractivity (Wildman–Crippen MR) is 129 cm³/mol. The van der Waals surface area contributed by atoms with E-state index >= 15 is 0 Å². The lowest BCUT2D eigenvalue weighted by Crippen LogP contribution is -2.51. The molecule has 0 radical (unpaired) electrons. The van der Waals surface area contributed by atoms with Crippen molar-refractivity contribution in [2.45, 2.75) is 31.8 Å². The molecule has 3 aromatic rings. The molecule has 0 N–H and O–H groups in total. The van der Waals surface area contributed by atoms with E-state index in [0.29, 0.717) is 53.0 Å². The van der Waals surface area contributed by atoms with Gasteiger partial charge in [0.25, 0.3) is 17.5 Å². The summed E-state index contributed by atoms with van der Waals surface area (Å²) in [6, 6.07) is 12.8. The zero-order valence-corrected chi connectivity index (χ0v) is 18.9. The van der Waals surface area contributed by atoms with E-state index in [2.05, 4.69) is 9.83 Å². The number of aromatic nitrogens is 1. The number of rotatable bonds is 4. The van der Waals surface area contributed by atoms with Crippen LogP contribution in [0.5, 0.6) is 0 Å². The molecule has 2 amide bonds. The first-order valence-electron chi connectivity index (χ1n) is 11.2. The molecular formula is C26H21N5O4. The van der Waals surface area contributed by atoms with E-state index in [1.807, 2.05) is 11.8 Å². The molecule has 1 saturated heterocycles. The van der Waals surface area contributed by atoms with Crippen LogP contribution >= 0.6 is 0 Å². The van der Waals surface area contributed by atoms with Gasteiger partial charge in [-0.1, -0.05) is 12.1 Å². The Hall–Kier alpha value is -4.58. The van der Waals surface area contributed by atoms with Gasteiger partial charge in [0.15, 0.2) is 5.69 Å². The molecule has 2 atom stereocenters. The molecule has 3 heterocycles. The van der Waals surface area contributed by atoms with Crippen molar-refractivity contribution >= 4 is 28.9 Å². The van der Waals surface area contributed by atoms with Crippen molar-refractivity contribution < 1.29 is 14.5 Å². The number of nitro groups is 1. The first kappa shape index (κ1) is 22.2. The molecule has 2 aliphatic heterocycles. The normalized spacial score (nSPS) is 19.4. The Labute approximate surface area is 201 Å². The number of carbonyl (C=O) groups excluding carboxylic acids is 2. The van der Waals surface area contributed by atoms with E-state index in [1.165, 1.54) is 17.2 Å². The van der Waals surface area contributed by atoms with Crippen LogP contribution in [0, 0.1) is 16.7 Å². The topological polar surface area (TPSA) is 101 Å². The number of fused-ring (bicyclic) bond motifs is 1. The molecule has 0 bridgehead atoms. The van der Waals surface area contributed by atoms with E-state index in [0.717, 1.165) is 0 Å². The second kappa shape index (κ2) is 8.65. The highest BCUT2D eigenvalue weighted by Crippen LogP contribution is 2.40. The largest absolute Gasteiger partial charge is 0.363 e. The maximum atomic E-state index is 12.9. The molecule has 9 nitrogen and oxygen atoms in total. The highest BCUT2D eigenvalue weighted by molar-refractivity contribution is 6.21. The van der Waals surface area contributed by atoms with Gasteiger partial charge in [-0.3, -0.25) is 29.6 Å². The Kier molecular flexibility index (Phi) is 5.49. The molecular weight excluding hydrogens is 446 g/mol. The van der Waals surface area contributed by atoms with E-state index in [9.17, 15) is 19.7 Å². The molecule has 174 valence electrons. The van der Waals surface area contributed by atoms with Crippen molar-refractivity contribution in [2.24, 2.45) is 0 Å². The number of hydrogen-bond donors (Lipinski definition) is 0. The lowest BCUT2D eigenvalue weighted by atomic mass is 9.95. The van der Waals surface area contributed by atoms with Gasteiger partial charge in [0.1, 0.15) is 5.69 Å². The van der Waals surface area contributed by atoms with Crippen LogP contribution in [0.3, 0.4) is 0 Å². The third-order valence-corrected chi connectivity index (χ3v) is 6.75. The van der Waals surface area contributed by atoms with Crippen LogP contribution in [-0.4, -0.2) is 45.2 Å². The zero-order chi connectivity index (χ0) is 24.7. The third-order valence-electron chi connectivity index (χ3n) is 6.75. The molecule has 0 spiro atoms. The van der Waals surface area contributed by atoms with Gasteiger partial charge in [0.2, 0.25) is 0 Å².